The largest absolute Gasteiger partial charge is 0.331 e. The molecule has 0 amide bonds. The minimum absolute atomic E-state index is 0.273. The Kier molecular flexibility index (Phi) is 3.85. The summed E-state index contributed by atoms with van der Waals surface area (Å²) in [5.41, 5.74) is 1.38. The van der Waals surface area contributed by atoms with Crippen molar-refractivity contribution in [1.29, 1.82) is 0 Å². The Bertz CT molecular complexity index is 773. The zero-order valence-electron chi connectivity index (χ0n) is 10.9. The van der Waals surface area contributed by atoms with Gasteiger partial charge in [0.2, 0.25) is 0 Å². The molecule has 2 aromatic heterocycles. The molecule has 21 heavy (non-hydrogen) atoms. The fourth-order valence-corrected chi connectivity index (χ4v) is 2.68. The van der Waals surface area contributed by atoms with Gasteiger partial charge in [-0.3, -0.25) is 0 Å². The quantitative estimate of drug-likeness (QED) is 0.645. The van der Waals surface area contributed by atoms with E-state index in [0.29, 0.717) is 22.2 Å². The molecule has 0 saturated heterocycles. The molecule has 7 heteroatoms. The van der Waals surface area contributed by atoms with Crippen molar-refractivity contribution in [2.24, 2.45) is 7.05 Å². The molecule has 2 heterocycles. The summed E-state index contributed by atoms with van der Waals surface area (Å²) in [6, 6.07) is 7.16. The van der Waals surface area contributed by atoms with Gasteiger partial charge in [0.15, 0.2) is 11.6 Å². The standard InChI is InChI=1S/C14H9Cl3N4/c1-21-7-6-18-14(21)13-19-11(16)10(12(17)20-13)8-2-4-9(15)5-3-8/h2-7H,1H3. The molecule has 0 aliphatic heterocycles. The van der Waals surface area contributed by atoms with Gasteiger partial charge in [-0.1, -0.05) is 46.9 Å². The van der Waals surface area contributed by atoms with Crippen LogP contribution in [0.1, 0.15) is 0 Å². The van der Waals surface area contributed by atoms with Crippen molar-refractivity contribution < 1.29 is 0 Å². The molecule has 0 spiro atoms. The summed E-state index contributed by atoms with van der Waals surface area (Å²) in [5, 5.41) is 1.18. The summed E-state index contributed by atoms with van der Waals surface area (Å²) in [6.07, 6.45) is 3.46. The molecule has 3 rings (SSSR count). The van der Waals surface area contributed by atoms with Crippen molar-refractivity contribution in [1.82, 2.24) is 19.5 Å². The third-order valence-corrected chi connectivity index (χ3v) is 3.77. The number of benzene rings is 1. The van der Waals surface area contributed by atoms with Gasteiger partial charge in [0.1, 0.15) is 10.3 Å². The fourth-order valence-electron chi connectivity index (χ4n) is 1.94. The molecule has 1 aromatic carbocycles. The van der Waals surface area contributed by atoms with E-state index in [-0.39, 0.29) is 10.3 Å². The van der Waals surface area contributed by atoms with Gasteiger partial charge in [-0.15, -0.1) is 0 Å². The summed E-state index contributed by atoms with van der Waals surface area (Å²) in [5.74, 6) is 0.983. The van der Waals surface area contributed by atoms with Crippen molar-refractivity contribution in [2.75, 3.05) is 0 Å². The lowest BCUT2D eigenvalue weighted by atomic mass is 10.1. The topological polar surface area (TPSA) is 43.6 Å². The maximum absolute atomic E-state index is 6.27. The van der Waals surface area contributed by atoms with E-state index in [2.05, 4.69) is 15.0 Å². The second kappa shape index (κ2) is 5.64. The first-order chi connectivity index (χ1) is 10.1. The van der Waals surface area contributed by atoms with E-state index >= 15 is 0 Å². The average molecular weight is 340 g/mol. The Morgan fingerprint density at radius 3 is 2.10 bits per heavy atom. The maximum Gasteiger partial charge on any atom is 0.198 e. The lowest BCUT2D eigenvalue weighted by Gasteiger charge is -2.08. The Hall–Kier alpha value is -1.62. The Labute approximate surface area is 136 Å². The maximum atomic E-state index is 6.27. The van der Waals surface area contributed by atoms with Crippen LogP contribution in [0.2, 0.25) is 15.3 Å². The summed E-state index contributed by atoms with van der Waals surface area (Å²) in [4.78, 5) is 12.8. The fraction of sp³-hybridized carbons (Fsp3) is 0.0714. The van der Waals surface area contributed by atoms with Crippen molar-refractivity contribution in [2.45, 2.75) is 0 Å². The van der Waals surface area contributed by atoms with Crippen molar-refractivity contribution >= 4 is 34.8 Å². The molecule has 0 radical (unpaired) electrons. The molecule has 3 aromatic rings. The van der Waals surface area contributed by atoms with Gasteiger partial charge in [0, 0.05) is 24.5 Å². The molecule has 0 bridgehead atoms. The molecular formula is C14H9Cl3N4. The molecule has 0 unspecified atom stereocenters. The molecule has 0 saturated carbocycles. The summed E-state index contributed by atoms with van der Waals surface area (Å²) in [6.45, 7) is 0. The highest BCUT2D eigenvalue weighted by molar-refractivity contribution is 6.38. The monoisotopic (exact) mass is 338 g/mol. The number of halogens is 3. The van der Waals surface area contributed by atoms with Gasteiger partial charge in [0.05, 0.1) is 5.56 Å². The average Bonchev–Trinajstić information content (AvgIpc) is 2.86. The zero-order chi connectivity index (χ0) is 15.0. The molecule has 0 N–H and O–H groups in total. The second-order valence-corrected chi connectivity index (χ2v) is 5.52. The van der Waals surface area contributed by atoms with Crippen LogP contribution in [-0.4, -0.2) is 19.5 Å². The van der Waals surface area contributed by atoms with Crippen LogP contribution in [0.4, 0.5) is 0 Å². The van der Waals surface area contributed by atoms with Gasteiger partial charge >= 0.3 is 0 Å². The van der Waals surface area contributed by atoms with E-state index < -0.39 is 0 Å². The van der Waals surface area contributed by atoms with Crippen LogP contribution in [0.25, 0.3) is 22.8 Å². The van der Waals surface area contributed by atoms with Crippen molar-refractivity contribution in [3.8, 4) is 22.8 Å². The first-order valence-electron chi connectivity index (χ1n) is 6.03. The van der Waals surface area contributed by atoms with E-state index in [1.54, 1.807) is 29.1 Å². The summed E-state index contributed by atoms with van der Waals surface area (Å²) < 4.78 is 1.80. The van der Waals surface area contributed by atoms with E-state index in [9.17, 15) is 0 Å². The molecule has 4 nitrogen and oxygen atoms in total. The minimum atomic E-state index is 0.273. The van der Waals surface area contributed by atoms with Crippen molar-refractivity contribution in [3.63, 3.8) is 0 Å². The molecule has 0 fully saturated rings. The number of hydrogen-bond acceptors (Lipinski definition) is 3. The molecular weight excluding hydrogens is 331 g/mol. The first kappa shape index (κ1) is 14.3. The summed E-state index contributed by atoms with van der Waals surface area (Å²) in [7, 11) is 1.85. The Morgan fingerprint density at radius 2 is 1.57 bits per heavy atom. The highest BCUT2D eigenvalue weighted by Gasteiger charge is 2.16. The molecule has 106 valence electrons. The van der Waals surface area contributed by atoms with Crippen LogP contribution < -0.4 is 0 Å². The molecule has 0 atom stereocenters. The lowest BCUT2D eigenvalue weighted by molar-refractivity contribution is 0.906. The van der Waals surface area contributed by atoms with E-state index in [4.69, 9.17) is 34.8 Å². The predicted octanol–water partition coefficient (Wildman–Crippen LogP) is 4.50. The SMILES string of the molecule is Cn1ccnc1-c1nc(Cl)c(-c2ccc(Cl)cc2)c(Cl)n1. The Balaban J connectivity index is 2.13. The van der Waals surface area contributed by atoms with E-state index in [0.717, 1.165) is 5.56 Å². The van der Waals surface area contributed by atoms with Crippen LogP contribution in [0, 0.1) is 0 Å². The number of aromatic nitrogens is 4. The number of imidazole rings is 1. The van der Waals surface area contributed by atoms with Crippen LogP contribution in [-0.2, 0) is 7.05 Å². The lowest BCUT2D eigenvalue weighted by Crippen LogP contribution is -1.99. The molecule has 0 aliphatic carbocycles. The smallest absolute Gasteiger partial charge is 0.198 e. The zero-order valence-corrected chi connectivity index (χ0v) is 13.2. The van der Waals surface area contributed by atoms with Crippen molar-refractivity contribution in [3.05, 3.63) is 52.0 Å². The highest BCUT2D eigenvalue weighted by atomic mass is 35.5. The number of rotatable bonds is 2. The van der Waals surface area contributed by atoms with Crippen LogP contribution in [0.15, 0.2) is 36.7 Å². The highest BCUT2D eigenvalue weighted by Crippen LogP contribution is 2.34. The van der Waals surface area contributed by atoms with Crippen LogP contribution in [0.5, 0.6) is 0 Å². The van der Waals surface area contributed by atoms with E-state index in [1.807, 2.05) is 19.2 Å². The third-order valence-electron chi connectivity index (χ3n) is 2.97. The minimum Gasteiger partial charge on any atom is -0.331 e. The second-order valence-electron chi connectivity index (χ2n) is 4.37. The normalized spacial score (nSPS) is 10.9. The van der Waals surface area contributed by atoms with Gasteiger partial charge < -0.3 is 4.57 Å². The predicted molar refractivity (Wildman–Crippen MR) is 84.7 cm³/mol. The number of nitrogens with zero attached hydrogens (tertiary/aromatic N) is 4. The van der Waals surface area contributed by atoms with Gasteiger partial charge in [-0.2, -0.15) is 0 Å². The van der Waals surface area contributed by atoms with E-state index in [1.165, 1.54) is 0 Å². The molecule has 0 aliphatic rings. The van der Waals surface area contributed by atoms with Gasteiger partial charge in [-0.05, 0) is 17.7 Å². The Morgan fingerprint density at radius 1 is 0.952 bits per heavy atom. The number of hydrogen-bond donors (Lipinski definition) is 0. The van der Waals surface area contributed by atoms with Gasteiger partial charge in [-0.25, -0.2) is 15.0 Å². The van der Waals surface area contributed by atoms with Gasteiger partial charge in [0.25, 0.3) is 0 Å². The van der Waals surface area contributed by atoms with Crippen LogP contribution in [0.3, 0.4) is 0 Å². The van der Waals surface area contributed by atoms with Crippen LogP contribution >= 0.6 is 34.8 Å². The third kappa shape index (κ3) is 2.75. The number of aryl methyl sites for hydroxylation is 1. The summed E-state index contributed by atoms with van der Waals surface area (Å²) >= 11 is 18.4. The first-order valence-corrected chi connectivity index (χ1v) is 7.16.